The number of ether oxygens (including phenoxy) is 1. The molecule has 4 heteroatoms. The largest absolute Gasteiger partial charge is 0.387 e. The van der Waals surface area contributed by atoms with E-state index in [2.05, 4.69) is 6.07 Å². The monoisotopic (exact) mass is 223 g/mol. The molecule has 15 heavy (non-hydrogen) atoms. The van der Waals surface area contributed by atoms with E-state index in [1.54, 1.807) is 0 Å². The van der Waals surface area contributed by atoms with Gasteiger partial charge in [0.15, 0.2) is 0 Å². The van der Waals surface area contributed by atoms with Crippen molar-refractivity contribution in [3.05, 3.63) is 22.4 Å². The van der Waals surface area contributed by atoms with E-state index in [0.717, 1.165) is 12.0 Å². The van der Waals surface area contributed by atoms with Crippen LogP contribution >= 0.6 is 11.3 Å². The smallest absolute Gasteiger partial charge is 0.111 e. The molecule has 1 N–H and O–H groups in total. The molecule has 0 radical (unpaired) electrons. The van der Waals surface area contributed by atoms with E-state index < -0.39 is 11.5 Å². The number of hydrogen-bond acceptors (Lipinski definition) is 4. The Hall–Kier alpha value is -0.890. The Bertz CT molecular complexity index is 349. The minimum Gasteiger partial charge on any atom is -0.387 e. The molecule has 1 aliphatic heterocycles. The van der Waals surface area contributed by atoms with Gasteiger partial charge in [-0.05, 0) is 35.2 Å². The van der Waals surface area contributed by atoms with E-state index in [9.17, 15) is 10.4 Å². The van der Waals surface area contributed by atoms with Crippen molar-refractivity contribution in [2.45, 2.75) is 18.9 Å². The molecule has 1 aromatic rings. The Kier molecular flexibility index (Phi) is 3.06. The molecular weight excluding hydrogens is 210 g/mol. The molecule has 0 amide bonds. The highest BCUT2D eigenvalue weighted by atomic mass is 32.1. The summed E-state index contributed by atoms with van der Waals surface area (Å²) in [6.07, 6.45) is 0.823. The Morgan fingerprint density at radius 3 is 3.07 bits per heavy atom. The van der Waals surface area contributed by atoms with Crippen LogP contribution in [-0.4, -0.2) is 18.3 Å². The maximum atomic E-state index is 10.2. The van der Waals surface area contributed by atoms with Crippen LogP contribution in [0.25, 0.3) is 0 Å². The fraction of sp³-hybridized carbons (Fsp3) is 0.545. The predicted octanol–water partition coefficient (Wildman–Crippen LogP) is 2.10. The lowest BCUT2D eigenvalue weighted by Crippen LogP contribution is -2.36. The molecule has 80 valence electrons. The van der Waals surface area contributed by atoms with Crippen molar-refractivity contribution in [2.75, 3.05) is 13.2 Å². The van der Waals surface area contributed by atoms with Crippen LogP contribution < -0.4 is 0 Å². The molecule has 3 nitrogen and oxygen atoms in total. The van der Waals surface area contributed by atoms with Gasteiger partial charge in [-0.3, -0.25) is 0 Å². The van der Waals surface area contributed by atoms with Gasteiger partial charge in [-0.1, -0.05) is 0 Å². The standard InChI is InChI=1S/C11H13NO2S/c12-7-11(3-1-4-14-8-11)10(13)9-2-5-15-6-9/h2,5-6,10,13H,1,3-4,8H2. The van der Waals surface area contributed by atoms with Crippen LogP contribution in [0.1, 0.15) is 24.5 Å². The van der Waals surface area contributed by atoms with E-state index in [4.69, 9.17) is 4.74 Å². The maximum absolute atomic E-state index is 10.2. The van der Waals surface area contributed by atoms with Crippen LogP contribution in [0.2, 0.25) is 0 Å². The van der Waals surface area contributed by atoms with Crippen LogP contribution in [0.5, 0.6) is 0 Å². The molecule has 2 heterocycles. The van der Waals surface area contributed by atoms with Crippen LogP contribution in [0.4, 0.5) is 0 Å². The topological polar surface area (TPSA) is 53.2 Å². The quantitative estimate of drug-likeness (QED) is 0.835. The van der Waals surface area contributed by atoms with Crippen molar-refractivity contribution >= 4 is 11.3 Å². The number of nitriles is 1. The molecule has 1 saturated heterocycles. The third-order valence-electron chi connectivity index (χ3n) is 2.88. The first kappa shape index (κ1) is 10.6. The summed E-state index contributed by atoms with van der Waals surface area (Å²) in [4.78, 5) is 0. The second kappa shape index (κ2) is 4.31. The zero-order valence-electron chi connectivity index (χ0n) is 8.35. The van der Waals surface area contributed by atoms with Crippen molar-refractivity contribution in [1.82, 2.24) is 0 Å². The number of hydrogen-bond donors (Lipinski definition) is 1. The zero-order valence-corrected chi connectivity index (χ0v) is 9.17. The van der Waals surface area contributed by atoms with Crippen molar-refractivity contribution in [1.29, 1.82) is 5.26 Å². The van der Waals surface area contributed by atoms with Gasteiger partial charge in [0.1, 0.15) is 11.5 Å². The summed E-state index contributed by atoms with van der Waals surface area (Å²) in [6.45, 7) is 1.03. The maximum Gasteiger partial charge on any atom is 0.111 e. The molecule has 2 atom stereocenters. The van der Waals surface area contributed by atoms with Gasteiger partial charge in [-0.15, -0.1) is 0 Å². The molecule has 0 aliphatic carbocycles. The van der Waals surface area contributed by atoms with E-state index in [1.165, 1.54) is 11.3 Å². The summed E-state index contributed by atoms with van der Waals surface area (Å²) in [5.74, 6) is 0. The molecule has 0 saturated carbocycles. The minimum atomic E-state index is -0.751. The first-order valence-corrected chi connectivity index (χ1v) is 5.92. The Labute approximate surface area is 92.9 Å². The number of rotatable bonds is 2. The number of thiophene rings is 1. The summed E-state index contributed by atoms with van der Waals surface area (Å²) < 4.78 is 5.32. The lowest BCUT2D eigenvalue weighted by molar-refractivity contribution is -0.0504. The van der Waals surface area contributed by atoms with E-state index in [0.29, 0.717) is 19.6 Å². The SMILES string of the molecule is N#CC1(C(O)c2ccsc2)CCCOC1. The van der Waals surface area contributed by atoms with Gasteiger partial charge in [0, 0.05) is 6.61 Å². The lowest BCUT2D eigenvalue weighted by Gasteiger charge is -2.34. The molecule has 0 aromatic carbocycles. The second-order valence-electron chi connectivity index (χ2n) is 3.88. The van der Waals surface area contributed by atoms with E-state index in [-0.39, 0.29) is 0 Å². The molecule has 1 aliphatic rings. The Morgan fingerprint density at radius 1 is 1.67 bits per heavy atom. The Balaban J connectivity index is 2.23. The molecular formula is C11H13NO2S. The van der Waals surface area contributed by atoms with Gasteiger partial charge in [0.2, 0.25) is 0 Å². The first-order chi connectivity index (χ1) is 7.28. The van der Waals surface area contributed by atoms with Gasteiger partial charge in [-0.25, -0.2) is 0 Å². The highest BCUT2D eigenvalue weighted by Gasteiger charge is 2.41. The van der Waals surface area contributed by atoms with Crippen LogP contribution in [0.15, 0.2) is 16.8 Å². The highest BCUT2D eigenvalue weighted by Crippen LogP contribution is 2.40. The number of nitrogens with zero attached hydrogens (tertiary/aromatic N) is 1. The van der Waals surface area contributed by atoms with Crippen molar-refractivity contribution < 1.29 is 9.84 Å². The fourth-order valence-electron chi connectivity index (χ4n) is 1.93. The van der Waals surface area contributed by atoms with Crippen molar-refractivity contribution in [3.8, 4) is 6.07 Å². The summed E-state index contributed by atoms with van der Waals surface area (Å²) in [5, 5.41) is 23.2. The van der Waals surface area contributed by atoms with Crippen molar-refractivity contribution in [3.63, 3.8) is 0 Å². The second-order valence-corrected chi connectivity index (χ2v) is 4.66. The average Bonchev–Trinajstić information content (AvgIpc) is 2.82. The summed E-state index contributed by atoms with van der Waals surface area (Å²) in [6, 6.07) is 4.10. The van der Waals surface area contributed by atoms with Gasteiger partial charge in [-0.2, -0.15) is 16.6 Å². The van der Waals surface area contributed by atoms with E-state index >= 15 is 0 Å². The molecule has 2 unspecified atom stereocenters. The molecule has 0 bridgehead atoms. The normalized spacial score (nSPS) is 28.3. The third-order valence-corrected chi connectivity index (χ3v) is 3.58. The van der Waals surface area contributed by atoms with Gasteiger partial charge in [0.25, 0.3) is 0 Å². The predicted molar refractivity (Wildman–Crippen MR) is 57.4 cm³/mol. The molecule has 1 fully saturated rings. The van der Waals surface area contributed by atoms with Crippen LogP contribution in [0.3, 0.4) is 0 Å². The van der Waals surface area contributed by atoms with Gasteiger partial charge < -0.3 is 9.84 Å². The molecule has 2 rings (SSSR count). The zero-order chi connectivity index (χ0) is 10.7. The minimum absolute atomic E-state index is 0.334. The van der Waals surface area contributed by atoms with Gasteiger partial charge in [0.05, 0.1) is 12.7 Å². The summed E-state index contributed by atoms with van der Waals surface area (Å²) in [7, 11) is 0. The average molecular weight is 223 g/mol. The Morgan fingerprint density at radius 2 is 2.53 bits per heavy atom. The summed E-state index contributed by atoms with van der Waals surface area (Å²) >= 11 is 1.53. The first-order valence-electron chi connectivity index (χ1n) is 4.98. The highest BCUT2D eigenvalue weighted by molar-refractivity contribution is 7.07. The van der Waals surface area contributed by atoms with Crippen LogP contribution in [-0.2, 0) is 4.74 Å². The summed E-state index contributed by atoms with van der Waals surface area (Å²) in [5.41, 5.74) is 0.0753. The lowest BCUT2D eigenvalue weighted by atomic mass is 9.77. The van der Waals surface area contributed by atoms with Crippen LogP contribution in [0, 0.1) is 16.7 Å². The fourth-order valence-corrected chi connectivity index (χ4v) is 2.61. The number of aliphatic hydroxyl groups is 1. The number of aliphatic hydroxyl groups excluding tert-OH is 1. The van der Waals surface area contributed by atoms with Crippen molar-refractivity contribution in [2.24, 2.45) is 5.41 Å². The third kappa shape index (κ3) is 1.91. The van der Waals surface area contributed by atoms with E-state index in [1.807, 2.05) is 16.8 Å². The molecule has 0 spiro atoms. The van der Waals surface area contributed by atoms with Gasteiger partial charge >= 0.3 is 0 Å². The molecule has 1 aromatic heterocycles.